The smallest absolute Gasteiger partial charge is 0.266 e. The first kappa shape index (κ1) is 14.8. The van der Waals surface area contributed by atoms with E-state index in [1.807, 2.05) is 0 Å². The molecular weight excluding hydrogens is 298 g/mol. The Kier molecular flexibility index (Phi) is 3.54. The Morgan fingerprint density at radius 3 is 2.73 bits per heavy atom. The van der Waals surface area contributed by atoms with Crippen LogP contribution < -0.4 is 0 Å². The molecule has 0 saturated heterocycles. The van der Waals surface area contributed by atoms with Crippen molar-refractivity contribution in [1.82, 2.24) is 4.57 Å². The minimum atomic E-state index is -2.93. The molecule has 1 aromatic carbocycles. The summed E-state index contributed by atoms with van der Waals surface area (Å²) in [4.78, 5) is 11.9. The molecule has 116 valence electrons. The normalized spacial score (nSPS) is 17.9. The number of alkyl halides is 3. The second-order valence-corrected chi connectivity index (χ2v) is 5.38. The van der Waals surface area contributed by atoms with E-state index in [-0.39, 0.29) is 6.42 Å². The number of fused-ring (bicyclic) bond motifs is 1. The van der Waals surface area contributed by atoms with Crippen LogP contribution in [0.3, 0.4) is 0 Å². The van der Waals surface area contributed by atoms with Gasteiger partial charge >= 0.3 is 0 Å². The Morgan fingerprint density at radius 1 is 1.32 bits per heavy atom. The maximum Gasteiger partial charge on any atom is 0.266 e. The number of rotatable bonds is 2. The highest BCUT2D eigenvalue weighted by Crippen LogP contribution is 2.31. The van der Waals surface area contributed by atoms with Crippen LogP contribution in [0.5, 0.6) is 0 Å². The fourth-order valence-corrected chi connectivity index (χ4v) is 2.90. The first-order valence-electron chi connectivity index (χ1n) is 6.87. The van der Waals surface area contributed by atoms with E-state index in [0.29, 0.717) is 28.9 Å². The predicted octanol–water partition coefficient (Wildman–Crippen LogP) is 4.33. The Labute approximate surface area is 124 Å². The molecule has 3 rings (SSSR count). The van der Waals surface area contributed by atoms with Gasteiger partial charge in [0, 0.05) is 23.1 Å². The number of Topliss-reactive ketones (excluding diaryl/α,β-unsaturated/α-hetero) is 1. The molecule has 1 unspecified atom stereocenters. The number of aromatic nitrogens is 1. The minimum Gasteiger partial charge on any atom is -0.320 e. The van der Waals surface area contributed by atoms with Crippen LogP contribution in [0.15, 0.2) is 24.4 Å². The summed E-state index contributed by atoms with van der Waals surface area (Å²) in [7, 11) is 0. The van der Waals surface area contributed by atoms with Crippen LogP contribution in [0, 0.1) is 12.7 Å². The van der Waals surface area contributed by atoms with Crippen LogP contribution in [-0.4, -0.2) is 16.5 Å². The first-order chi connectivity index (χ1) is 10.4. The fraction of sp³-hybridized carbons (Fsp3) is 0.312. The topological polar surface area (TPSA) is 22.0 Å². The van der Waals surface area contributed by atoms with Crippen LogP contribution in [-0.2, 0) is 6.42 Å². The number of benzene rings is 1. The summed E-state index contributed by atoms with van der Waals surface area (Å²) in [6, 6.07) is 3.40. The second-order valence-electron chi connectivity index (χ2n) is 5.38. The molecule has 1 heterocycles. The lowest BCUT2D eigenvalue weighted by Gasteiger charge is -2.18. The largest absolute Gasteiger partial charge is 0.320 e. The molecule has 0 fully saturated rings. The summed E-state index contributed by atoms with van der Waals surface area (Å²) in [6.07, 6.45) is -2.45. The fourth-order valence-electron chi connectivity index (χ4n) is 2.90. The van der Waals surface area contributed by atoms with E-state index in [9.17, 15) is 22.4 Å². The number of aryl methyl sites for hydroxylation is 1. The summed E-state index contributed by atoms with van der Waals surface area (Å²) in [5.41, 5.74) is 1.13. The van der Waals surface area contributed by atoms with E-state index in [1.54, 1.807) is 17.7 Å². The molecule has 0 bridgehead atoms. The number of carbonyl (C=O) groups is 1. The predicted molar refractivity (Wildman–Crippen MR) is 73.0 cm³/mol. The minimum absolute atomic E-state index is 0.0676. The van der Waals surface area contributed by atoms with Crippen molar-refractivity contribution in [2.24, 2.45) is 0 Å². The summed E-state index contributed by atoms with van der Waals surface area (Å²) < 4.78 is 54.2. The van der Waals surface area contributed by atoms with Gasteiger partial charge in [-0.3, -0.25) is 4.79 Å². The van der Waals surface area contributed by atoms with E-state index in [1.165, 1.54) is 6.07 Å². The van der Waals surface area contributed by atoms with Gasteiger partial charge in [0.15, 0.2) is 12.0 Å². The number of nitrogens with zero attached hydrogens (tertiary/aromatic N) is 1. The van der Waals surface area contributed by atoms with Crippen molar-refractivity contribution in [3.8, 4) is 5.69 Å². The zero-order valence-electron chi connectivity index (χ0n) is 11.7. The average molecular weight is 311 g/mol. The quantitative estimate of drug-likeness (QED) is 0.757. The van der Waals surface area contributed by atoms with Gasteiger partial charge in [-0.2, -0.15) is 0 Å². The van der Waals surface area contributed by atoms with Gasteiger partial charge in [-0.05, 0) is 43.5 Å². The molecule has 2 nitrogen and oxygen atoms in total. The van der Waals surface area contributed by atoms with Crippen molar-refractivity contribution >= 4 is 5.78 Å². The third kappa shape index (κ3) is 2.23. The summed E-state index contributed by atoms with van der Waals surface area (Å²) in [5.74, 6) is -1.55. The number of carbonyl (C=O) groups excluding carboxylic acids is 1. The van der Waals surface area contributed by atoms with Crippen LogP contribution in [0.1, 0.15) is 40.0 Å². The lowest BCUT2D eigenvalue weighted by Crippen LogP contribution is -2.24. The van der Waals surface area contributed by atoms with Crippen molar-refractivity contribution in [1.29, 1.82) is 0 Å². The zero-order chi connectivity index (χ0) is 16.0. The molecular formula is C16H13F4NO. The Morgan fingerprint density at radius 2 is 2.05 bits per heavy atom. The SMILES string of the molecule is Cc1cn(-c2ccc(F)c(C(F)F)c2)c2c1C(=O)C(F)CC2. The highest BCUT2D eigenvalue weighted by Gasteiger charge is 2.31. The summed E-state index contributed by atoms with van der Waals surface area (Å²) >= 11 is 0. The molecule has 0 amide bonds. The van der Waals surface area contributed by atoms with Gasteiger partial charge in [-0.1, -0.05) is 0 Å². The maximum absolute atomic E-state index is 13.6. The van der Waals surface area contributed by atoms with Gasteiger partial charge in [0.25, 0.3) is 6.43 Å². The number of hydrogen-bond donors (Lipinski definition) is 0. The van der Waals surface area contributed by atoms with E-state index in [2.05, 4.69) is 0 Å². The Bertz CT molecular complexity index is 751. The monoisotopic (exact) mass is 311 g/mol. The van der Waals surface area contributed by atoms with Crippen molar-refractivity contribution in [2.45, 2.75) is 32.4 Å². The molecule has 0 aliphatic heterocycles. The molecule has 1 aromatic heterocycles. The van der Waals surface area contributed by atoms with Crippen molar-refractivity contribution < 1.29 is 22.4 Å². The molecule has 1 aliphatic carbocycles. The lowest BCUT2D eigenvalue weighted by atomic mass is 9.92. The molecule has 0 spiro atoms. The highest BCUT2D eigenvalue weighted by atomic mass is 19.3. The van der Waals surface area contributed by atoms with Gasteiger partial charge in [0.05, 0.1) is 5.56 Å². The molecule has 1 atom stereocenters. The van der Waals surface area contributed by atoms with Gasteiger partial charge < -0.3 is 4.57 Å². The molecule has 6 heteroatoms. The third-order valence-corrected chi connectivity index (χ3v) is 3.95. The van der Waals surface area contributed by atoms with Gasteiger partial charge in [-0.15, -0.1) is 0 Å². The van der Waals surface area contributed by atoms with E-state index in [0.717, 1.165) is 12.1 Å². The zero-order valence-corrected chi connectivity index (χ0v) is 11.7. The van der Waals surface area contributed by atoms with E-state index >= 15 is 0 Å². The van der Waals surface area contributed by atoms with Crippen LogP contribution in [0.4, 0.5) is 17.6 Å². The molecule has 1 aliphatic rings. The van der Waals surface area contributed by atoms with Crippen molar-refractivity contribution in [2.75, 3.05) is 0 Å². The van der Waals surface area contributed by atoms with Gasteiger partial charge in [0.1, 0.15) is 5.82 Å². The molecule has 0 saturated carbocycles. The Hall–Kier alpha value is -2.11. The van der Waals surface area contributed by atoms with Gasteiger partial charge in [0.2, 0.25) is 0 Å². The lowest BCUT2D eigenvalue weighted by molar-refractivity contribution is 0.0854. The third-order valence-electron chi connectivity index (χ3n) is 3.95. The number of halogens is 4. The highest BCUT2D eigenvalue weighted by molar-refractivity contribution is 6.03. The van der Waals surface area contributed by atoms with Gasteiger partial charge in [-0.25, -0.2) is 17.6 Å². The first-order valence-corrected chi connectivity index (χ1v) is 6.87. The summed E-state index contributed by atoms with van der Waals surface area (Å²) in [6.45, 7) is 1.67. The number of hydrogen-bond acceptors (Lipinski definition) is 1. The molecule has 0 N–H and O–H groups in total. The van der Waals surface area contributed by atoms with E-state index in [4.69, 9.17) is 0 Å². The van der Waals surface area contributed by atoms with Crippen LogP contribution >= 0.6 is 0 Å². The van der Waals surface area contributed by atoms with Crippen LogP contribution in [0.25, 0.3) is 5.69 Å². The van der Waals surface area contributed by atoms with Crippen molar-refractivity contribution in [3.63, 3.8) is 0 Å². The second kappa shape index (κ2) is 5.26. The standard InChI is InChI=1S/C16H13F4NO/c1-8-7-21(13-5-4-12(18)15(22)14(8)13)9-2-3-11(17)10(6-9)16(19)20/h2-3,6-7,12,16H,4-5H2,1H3. The molecule has 2 aromatic rings. The average Bonchev–Trinajstić information content (AvgIpc) is 2.81. The van der Waals surface area contributed by atoms with E-state index < -0.39 is 29.8 Å². The summed E-state index contributed by atoms with van der Waals surface area (Å²) in [5, 5.41) is 0. The number of ketones is 1. The maximum atomic E-state index is 13.6. The molecule has 22 heavy (non-hydrogen) atoms. The van der Waals surface area contributed by atoms with Crippen molar-refractivity contribution in [3.05, 3.63) is 52.6 Å². The van der Waals surface area contributed by atoms with Crippen LogP contribution in [0.2, 0.25) is 0 Å². The Balaban J connectivity index is 2.15. The molecule has 0 radical (unpaired) electrons.